The molecule has 8 heteroatoms. The number of hydrazone groups is 1. The smallest absolute Gasteiger partial charge is 0.276 e. The normalized spacial score (nSPS) is 11.8. The molecule has 0 aliphatic carbocycles. The van der Waals surface area contributed by atoms with E-state index in [0.717, 1.165) is 9.13 Å². The van der Waals surface area contributed by atoms with Gasteiger partial charge in [0.05, 0.1) is 14.7 Å². The molecule has 0 amide bonds. The van der Waals surface area contributed by atoms with Crippen LogP contribution in [-0.4, -0.2) is 19.7 Å². The molecule has 2 aromatic carbocycles. The standard InChI is InChI=1S/C14H12I2N2O3S/c1-9-2-4-12(5-3-9)22(20,21)18-17-8-10-6-11(15)7-13(16)14(10)19/h2-8,18-19H,1H3/b17-8+. The van der Waals surface area contributed by atoms with Gasteiger partial charge < -0.3 is 5.11 Å². The number of hydrogen-bond acceptors (Lipinski definition) is 4. The molecule has 0 spiro atoms. The monoisotopic (exact) mass is 542 g/mol. The fourth-order valence-electron chi connectivity index (χ4n) is 1.62. The highest BCUT2D eigenvalue weighted by Gasteiger charge is 2.12. The molecule has 0 unspecified atom stereocenters. The SMILES string of the molecule is Cc1ccc(S(=O)(=O)N/N=C/c2cc(I)cc(I)c2O)cc1. The van der Waals surface area contributed by atoms with Crippen LogP contribution >= 0.6 is 45.2 Å². The number of halogens is 2. The van der Waals surface area contributed by atoms with Crippen molar-refractivity contribution in [2.24, 2.45) is 5.10 Å². The maximum absolute atomic E-state index is 12.1. The highest BCUT2D eigenvalue weighted by atomic mass is 127. The van der Waals surface area contributed by atoms with Crippen molar-refractivity contribution in [1.29, 1.82) is 0 Å². The summed E-state index contributed by atoms with van der Waals surface area (Å²) in [6, 6.07) is 9.97. The Hall–Kier alpha value is -0.880. The van der Waals surface area contributed by atoms with E-state index in [9.17, 15) is 13.5 Å². The molecule has 0 heterocycles. The molecular formula is C14H12I2N2O3S. The maximum atomic E-state index is 12.1. The van der Waals surface area contributed by atoms with Gasteiger partial charge in [-0.25, -0.2) is 4.83 Å². The van der Waals surface area contributed by atoms with Crippen LogP contribution in [0, 0.1) is 14.1 Å². The third kappa shape index (κ3) is 4.32. The third-order valence-electron chi connectivity index (χ3n) is 2.77. The molecule has 0 saturated heterocycles. The summed E-state index contributed by atoms with van der Waals surface area (Å²) >= 11 is 4.11. The molecule has 0 aliphatic heterocycles. The van der Waals surface area contributed by atoms with Gasteiger partial charge in [-0.1, -0.05) is 17.7 Å². The summed E-state index contributed by atoms with van der Waals surface area (Å²) in [5.74, 6) is 0.0688. The van der Waals surface area contributed by atoms with Gasteiger partial charge in [-0.3, -0.25) is 0 Å². The van der Waals surface area contributed by atoms with E-state index in [1.54, 1.807) is 18.2 Å². The second-order valence-electron chi connectivity index (χ2n) is 4.49. The van der Waals surface area contributed by atoms with Gasteiger partial charge in [-0.15, -0.1) is 0 Å². The lowest BCUT2D eigenvalue weighted by molar-refractivity contribution is 0.470. The first-order chi connectivity index (χ1) is 10.3. The zero-order valence-corrected chi connectivity index (χ0v) is 16.5. The Morgan fingerprint density at radius 1 is 1.18 bits per heavy atom. The Balaban J connectivity index is 2.20. The molecule has 2 N–H and O–H groups in total. The Morgan fingerprint density at radius 2 is 1.82 bits per heavy atom. The summed E-state index contributed by atoms with van der Waals surface area (Å²) in [6.45, 7) is 1.88. The van der Waals surface area contributed by atoms with Crippen LogP contribution < -0.4 is 4.83 Å². The molecular weight excluding hydrogens is 530 g/mol. The molecule has 0 atom stereocenters. The summed E-state index contributed by atoms with van der Waals surface area (Å²) in [4.78, 5) is 2.27. The summed E-state index contributed by atoms with van der Waals surface area (Å²) < 4.78 is 25.7. The Kier molecular flexibility index (Phi) is 5.66. The number of aromatic hydroxyl groups is 1. The second kappa shape index (κ2) is 7.13. The van der Waals surface area contributed by atoms with Crippen LogP contribution in [0.1, 0.15) is 11.1 Å². The van der Waals surface area contributed by atoms with E-state index in [4.69, 9.17) is 0 Å². The first-order valence-corrected chi connectivity index (χ1v) is 9.73. The predicted molar refractivity (Wildman–Crippen MR) is 103 cm³/mol. The Bertz CT molecular complexity index is 819. The molecule has 0 aliphatic rings. The van der Waals surface area contributed by atoms with Gasteiger partial charge in [0.2, 0.25) is 0 Å². The third-order valence-corrected chi connectivity index (χ3v) is 5.45. The van der Waals surface area contributed by atoms with Gasteiger partial charge in [-0.2, -0.15) is 13.5 Å². The van der Waals surface area contributed by atoms with Crippen molar-refractivity contribution in [2.75, 3.05) is 0 Å². The molecule has 0 fully saturated rings. The highest BCUT2D eigenvalue weighted by Crippen LogP contribution is 2.25. The average Bonchev–Trinajstić information content (AvgIpc) is 2.44. The van der Waals surface area contributed by atoms with E-state index in [0.29, 0.717) is 9.13 Å². The largest absolute Gasteiger partial charge is 0.506 e. The van der Waals surface area contributed by atoms with E-state index in [1.807, 2.05) is 35.6 Å². The maximum Gasteiger partial charge on any atom is 0.276 e. The minimum absolute atomic E-state index is 0.0688. The molecule has 2 rings (SSSR count). The molecule has 0 saturated carbocycles. The number of rotatable bonds is 4. The lowest BCUT2D eigenvalue weighted by Crippen LogP contribution is -2.18. The second-order valence-corrected chi connectivity index (χ2v) is 8.56. The van der Waals surface area contributed by atoms with Crippen LogP contribution in [0.4, 0.5) is 0 Å². The van der Waals surface area contributed by atoms with E-state index in [2.05, 4.69) is 32.5 Å². The lowest BCUT2D eigenvalue weighted by atomic mass is 10.2. The molecule has 0 aromatic heterocycles. The van der Waals surface area contributed by atoms with Gasteiger partial charge in [0.15, 0.2) is 0 Å². The lowest BCUT2D eigenvalue weighted by Gasteiger charge is -2.05. The summed E-state index contributed by atoms with van der Waals surface area (Å²) in [5.41, 5.74) is 1.42. The number of phenols is 1. The summed E-state index contributed by atoms with van der Waals surface area (Å²) in [5, 5.41) is 13.6. The molecule has 116 valence electrons. The van der Waals surface area contributed by atoms with Crippen molar-refractivity contribution in [1.82, 2.24) is 4.83 Å². The van der Waals surface area contributed by atoms with Gasteiger partial charge in [0.25, 0.3) is 10.0 Å². The van der Waals surface area contributed by atoms with Crippen LogP contribution in [0.15, 0.2) is 46.4 Å². The van der Waals surface area contributed by atoms with Crippen molar-refractivity contribution in [3.8, 4) is 5.75 Å². The number of nitrogens with one attached hydrogen (secondary N) is 1. The van der Waals surface area contributed by atoms with E-state index in [-0.39, 0.29) is 10.6 Å². The van der Waals surface area contributed by atoms with Crippen LogP contribution in [-0.2, 0) is 10.0 Å². The summed E-state index contributed by atoms with van der Waals surface area (Å²) in [6.07, 6.45) is 1.28. The average molecular weight is 542 g/mol. The number of nitrogens with zero attached hydrogens (tertiary/aromatic N) is 1. The first-order valence-electron chi connectivity index (χ1n) is 6.09. The van der Waals surface area contributed by atoms with Gasteiger partial charge in [0.1, 0.15) is 5.75 Å². The molecule has 22 heavy (non-hydrogen) atoms. The van der Waals surface area contributed by atoms with Crippen LogP contribution in [0.5, 0.6) is 5.75 Å². The number of aryl methyl sites for hydroxylation is 1. The molecule has 5 nitrogen and oxygen atoms in total. The van der Waals surface area contributed by atoms with Crippen molar-refractivity contribution in [3.05, 3.63) is 54.7 Å². The van der Waals surface area contributed by atoms with Crippen molar-refractivity contribution in [2.45, 2.75) is 11.8 Å². The predicted octanol–water partition coefficient (Wildman–Crippen LogP) is 3.22. The van der Waals surface area contributed by atoms with E-state index in [1.165, 1.54) is 18.3 Å². The minimum Gasteiger partial charge on any atom is -0.506 e. The Labute approximate surface area is 156 Å². The van der Waals surface area contributed by atoms with Crippen LogP contribution in [0.25, 0.3) is 0 Å². The van der Waals surface area contributed by atoms with Crippen LogP contribution in [0.3, 0.4) is 0 Å². The van der Waals surface area contributed by atoms with Gasteiger partial charge in [-0.05, 0) is 76.4 Å². The highest BCUT2D eigenvalue weighted by molar-refractivity contribution is 14.1. The van der Waals surface area contributed by atoms with Crippen molar-refractivity contribution >= 4 is 61.4 Å². The first kappa shape index (κ1) is 17.5. The van der Waals surface area contributed by atoms with Gasteiger partial charge in [0, 0.05) is 9.13 Å². The zero-order chi connectivity index (χ0) is 16.3. The van der Waals surface area contributed by atoms with Crippen molar-refractivity contribution < 1.29 is 13.5 Å². The minimum atomic E-state index is -3.71. The Morgan fingerprint density at radius 3 is 2.45 bits per heavy atom. The summed E-state index contributed by atoms with van der Waals surface area (Å²) in [7, 11) is -3.71. The number of sulfonamides is 1. The quantitative estimate of drug-likeness (QED) is 0.354. The fraction of sp³-hybridized carbons (Fsp3) is 0.0714. The van der Waals surface area contributed by atoms with E-state index < -0.39 is 10.0 Å². The topological polar surface area (TPSA) is 78.8 Å². The van der Waals surface area contributed by atoms with Crippen LogP contribution in [0.2, 0.25) is 0 Å². The van der Waals surface area contributed by atoms with E-state index >= 15 is 0 Å². The molecule has 0 bridgehead atoms. The van der Waals surface area contributed by atoms with Gasteiger partial charge >= 0.3 is 0 Å². The zero-order valence-electron chi connectivity index (χ0n) is 11.4. The fourth-order valence-corrected chi connectivity index (χ4v) is 4.30. The number of benzene rings is 2. The molecule has 2 aromatic rings. The van der Waals surface area contributed by atoms with Crippen molar-refractivity contribution in [3.63, 3.8) is 0 Å². The number of phenolic OH excluding ortho intramolecular Hbond substituents is 1. The number of hydrogen-bond donors (Lipinski definition) is 2. The molecule has 0 radical (unpaired) electrons.